The average Bonchev–Trinajstić information content (AvgIpc) is 3.56. The van der Waals surface area contributed by atoms with Crippen LogP contribution < -0.4 is 4.90 Å². The molecule has 2 fully saturated rings. The number of hydrogen-bond donors (Lipinski definition) is 1. The van der Waals surface area contributed by atoms with E-state index in [0.717, 1.165) is 30.5 Å². The standard InChI is InChI=1S/C25H28FN3O3/c1-27-10-2-3-19-15-17(5-7-22(19)27)18-4-6-20(21(26)16-18)23(30)28-11-13-29(14-12-28)24(31)25(32)8-9-25/h4-7,15-16,32H,2-3,8-14H2,1H3. The molecule has 0 aromatic heterocycles. The summed E-state index contributed by atoms with van der Waals surface area (Å²) in [5.41, 5.74) is 3.04. The van der Waals surface area contributed by atoms with E-state index in [1.54, 1.807) is 21.9 Å². The number of piperazine rings is 1. The summed E-state index contributed by atoms with van der Waals surface area (Å²) in [6, 6.07) is 11.0. The Kier molecular flexibility index (Phi) is 5.16. The van der Waals surface area contributed by atoms with E-state index in [9.17, 15) is 19.1 Å². The largest absolute Gasteiger partial charge is 0.380 e. The van der Waals surface area contributed by atoms with Crippen molar-refractivity contribution in [2.24, 2.45) is 0 Å². The molecule has 0 bridgehead atoms. The zero-order valence-electron chi connectivity index (χ0n) is 18.3. The van der Waals surface area contributed by atoms with Crippen molar-refractivity contribution in [1.82, 2.24) is 9.80 Å². The first-order chi connectivity index (χ1) is 15.4. The van der Waals surface area contributed by atoms with Gasteiger partial charge >= 0.3 is 0 Å². The number of fused-ring (bicyclic) bond motifs is 1. The normalized spacial score (nSPS) is 19.5. The van der Waals surface area contributed by atoms with E-state index in [0.29, 0.717) is 39.0 Å². The predicted octanol–water partition coefficient (Wildman–Crippen LogP) is 2.68. The number of carbonyl (C=O) groups excluding carboxylic acids is 2. The Balaban J connectivity index is 1.28. The maximum atomic E-state index is 15.0. The van der Waals surface area contributed by atoms with Gasteiger partial charge in [0.2, 0.25) is 0 Å². The van der Waals surface area contributed by atoms with Gasteiger partial charge in [-0.05, 0) is 66.6 Å². The summed E-state index contributed by atoms with van der Waals surface area (Å²) in [5, 5.41) is 10.0. The molecular formula is C25H28FN3O3. The van der Waals surface area contributed by atoms with Gasteiger partial charge in [-0.1, -0.05) is 12.1 Å². The van der Waals surface area contributed by atoms with Crippen molar-refractivity contribution >= 4 is 17.5 Å². The van der Waals surface area contributed by atoms with E-state index in [-0.39, 0.29) is 17.4 Å². The van der Waals surface area contributed by atoms with Crippen molar-refractivity contribution in [2.45, 2.75) is 31.3 Å². The number of halogens is 1. The lowest BCUT2D eigenvalue weighted by molar-refractivity contribution is -0.143. The van der Waals surface area contributed by atoms with Crippen LogP contribution in [0.3, 0.4) is 0 Å². The first-order valence-corrected chi connectivity index (χ1v) is 11.3. The molecule has 168 valence electrons. The van der Waals surface area contributed by atoms with E-state index < -0.39 is 11.4 Å². The van der Waals surface area contributed by atoms with Gasteiger partial charge in [-0.15, -0.1) is 0 Å². The van der Waals surface area contributed by atoms with E-state index in [4.69, 9.17) is 0 Å². The molecule has 5 rings (SSSR count). The lowest BCUT2D eigenvalue weighted by Crippen LogP contribution is -2.53. The Bertz CT molecular complexity index is 1070. The van der Waals surface area contributed by atoms with Crippen molar-refractivity contribution < 1.29 is 19.1 Å². The summed E-state index contributed by atoms with van der Waals surface area (Å²) in [7, 11) is 2.08. The van der Waals surface area contributed by atoms with E-state index in [2.05, 4.69) is 24.1 Å². The molecule has 0 unspecified atom stereocenters. The number of amides is 2. The van der Waals surface area contributed by atoms with Crippen molar-refractivity contribution in [2.75, 3.05) is 44.7 Å². The van der Waals surface area contributed by atoms with Gasteiger partial charge in [0, 0.05) is 45.5 Å². The SMILES string of the molecule is CN1CCCc2cc(-c3ccc(C(=O)N4CCN(C(=O)C5(O)CC5)CC4)c(F)c3)ccc21. The molecule has 1 N–H and O–H groups in total. The molecule has 2 aromatic carbocycles. The Morgan fingerprint density at radius 1 is 0.938 bits per heavy atom. The predicted molar refractivity (Wildman–Crippen MR) is 120 cm³/mol. The molecule has 0 spiro atoms. The minimum absolute atomic E-state index is 0.0482. The molecular weight excluding hydrogens is 409 g/mol. The highest BCUT2D eigenvalue weighted by molar-refractivity contribution is 5.95. The van der Waals surface area contributed by atoms with Gasteiger partial charge < -0.3 is 19.8 Å². The highest BCUT2D eigenvalue weighted by Crippen LogP contribution is 2.37. The van der Waals surface area contributed by atoms with Crippen molar-refractivity contribution in [3.63, 3.8) is 0 Å². The Morgan fingerprint density at radius 2 is 1.59 bits per heavy atom. The number of carbonyl (C=O) groups is 2. The first kappa shape index (κ1) is 20.9. The molecule has 1 aliphatic carbocycles. The molecule has 0 atom stereocenters. The fourth-order valence-electron chi connectivity index (χ4n) is 4.74. The maximum Gasteiger partial charge on any atom is 0.256 e. The molecule has 0 radical (unpaired) electrons. The highest BCUT2D eigenvalue weighted by Gasteiger charge is 2.50. The van der Waals surface area contributed by atoms with Crippen LogP contribution in [0, 0.1) is 5.82 Å². The number of aryl methyl sites for hydroxylation is 1. The van der Waals surface area contributed by atoms with Crippen LogP contribution in [0.15, 0.2) is 36.4 Å². The van der Waals surface area contributed by atoms with E-state index in [1.807, 2.05) is 6.07 Å². The van der Waals surface area contributed by atoms with Crippen LogP contribution in [-0.2, 0) is 11.2 Å². The number of nitrogens with zero attached hydrogens (tertiary/aromatic N) is 3. The topological polar surface area (TPSA) is 64.1 Å². The van der Waals surface area contributed by atoms with Crippen molar-refractivity contribution in [3.8, 4) is 11.1 Å². The van der Waals surface area contributed by atoms with Gasteiger partial charge in [0.15, 0.2) is 0 Å². The Morgan fingerprint density at radius 3 is 2.28 bits per heavy atom. The molecule has 32 heavy (non-hydrogen) atoms. The van der Waals surface area contributed by atoms with Crippen LogP contribution in [-0.4, -0.2) is 72.1 Å². The third-order valence-corrected chi connectivity index (χ3v) is 6.94. The third-order valence-electron chi connectivity index (χ3n) is 6.94. The Labute approximate surface area is 187 Å². The van der Waals surface area contributed by atoms with Gasteiger partial charge in [0.25, 0.3) is 11.8 Å². The van der Waals surface area contributed by atoms with Crippen molar-refractivity contribution in [3.05, 3.63) is 53.3 Å². The van der Waals surface area contributed by atoms with Crippen LogP contribution in [0.4, 0.5) is 10.1 Å². The van der Waals surface area contributed by atoms with E-state index in [1.165, 1.54) is 17.3 Å². The third kappa shape index (κ3) is 3.75. The van der Waals surface area contributed by atoms with Gasteiger partial charge in [0.05, 0.1) is 5.56 Å². The molecule has 2 heterocycles. The van der Waals surface area contributed by atoms with Gasteiger partial charge in [0.1, 0.15) is 11.4 Å². The van der Waals surface area contributed by atoms with Crippen LogP contribution in [0.5, 0.6) is 0 Å². The number of benzene rings is 2. The molecule has 7 heteroatoms. The van der Waals surface area contributed by atoms with Crippen LogP contribution in [0.1, 0.15) is 35.2 Å². The fourth-order valence-corrected chi connectivity index (χ4v) is 4.74. The number of hydrogen-bond acceptors (Lipinski definition) is 4. The minimum atomic E-state index is -1.19. The van der Waals surface area contributed by atoms with Gasteiger partial charge in [-0.2, -0.15) is 0 Å². The monoisotopic (exact) mass is 437 g/mol. The lowest BCUT2D eigenvalue weighted by atomic mass is 9.96. The molecule has 3 aliphatic rings. The van der Waals surface area contributed by atoms with Crippen molar-refractivity contribution in [1.29, 1.82) is 0 Å². The summed E-state index contributed by atoms with van der Waals surface area (Å²) in [4.78, 5) is 30.6. The molecule has 2 aromatic rings. The van der Waals surface area contributed by atoms with Crippen LogP contribution in [0.25, 0.3) is 11.1 Å². The zero-order chi connectivity index (χ0) is 22.5. The molecule has 2 aliphatic heterocycles. The summed E-state index contributed by atoms with van der Waals surface area (Å²) >= 11 is 0. The summed E-state index contributed by atoms with van der Waals surface area (Å²) in [5.74, 6) is -1.15. The minimum Gasteiger partial charge on any atom is -0.380 e. The second-order valence-corrected chi connectivity index (χ2v) is 9.18. The molecule has 6 nitrogen and oxygen atoms in total. The molecule has 1 saturated heterocycles. The molecule has 1 saturated carbocycles. The van der Waals surface area contributed by atoms with Gasteiger partial charge in [-0.3, -0.25) is 9.59 Å². The molecule has 2 amide bonds. The quantitative estimate of drug-likeness (QED) is 0.802. The second kappa shape index (κ2) is 7.89. The summed E-state index contributed by atoms with van der Waals surface area (Å²) < 4.78 is 15.0. The average molecular weight is 438 g/mol. The van der Waals surface area contributed by atoms with Crippen LogP contribution in [0.2, 0.25) is 0 Å². The van der Waals surface area contributed by atoms with Gasteiger partial charge in [-0.25, -0.2) is 4.39 Å². The highest BCUT2D eigenvalue weighted by atomic mass is 19.1. The first-order valence-electron chi connectivity index (χ1n) is 11.3. The number of rotatable bonds is 3. The lowest BCUT2D eigenvalue weighted by Gasteiger charge is -2.35. The zero-order valence-corrected chi connectivity index (χ0v) is 18.3. The number of aliphatic hydroxyl groups is 1. The fraction of sp³-hybridized carbons (Fsp3) is 0.440. The summed E-state index contributed by atoms with van der Waals surface area (Å²) in [6.45, 7) is 2.42. The number of anilines is 1. The van der Waals surface area contributed by atoms with Crippen LogP contribution >= 0.6 is 0 Å². The Hall–Kier alpha value is -2.93. The smallest absolute Gasteiger partial charge is 0.256 e. The summed E-state index contributed by atoms with van der Waals surface area (Å²) in [6.07, 6.45) is 3.12. The second-order valence-electron chi connectivity index (χ2n) is 9.18. The van der Waals surface area contributed by atoms with E-state index >= 15 is 0 Å². The maximum absolute atomic E-state index is 15.0.